The van der Waals surface area contributed by atoms with Gasteiger partial charge in [0.1, 0.15) is 12.6 Å². The van der Waals surface area contributed by atoms with Crippen LogP contribution < -0.4 is 4.68 Å². The van der Waals surface area contributed by atoms with Gasteiger partial charge in [0.2, 0.25) is 0 Å². The van der Waals surface area contributed by atoms with Crippen molar-refractivity contribution in [2.75, 3.05) is 7.11 Å². The molecule has 2 heterocycles. The molecule has 18 heavy (non-hydrogen) atoms. The fraction of sp³-hybridized carbons (Fsp3) is 0.231. The summed E-state index contributed by atoms with van der Waals surface area (Å²) in [7, 11) is 1.38. The number of hydrogen-bond acceptors (Lipinski definition) is 4. The monoisotopic (exact) mass is 244 g/mol. The van der Waals surface area contributed by atoms with E-state index in [2.05, 4.69) is 14.8 Å². The van der Waals surface area contributed by atoms with Crippen molar-refractivity contribution in [2.45, 2.75) is 13.0 Å². The van der Waals surface area contributed by atoms with E-state index in [4.69, 9.17) is 0 Å². The second kappa shape index (κ2) is 5.86. The third-order valence-electron chi connectivity index (χ3n) is 2.56. The lowest BCUT2D eigenvalue weighted by Crippen LogP contribution is -2.38. The van der Waals surface area contributed by atoms with Crippen molar-refractivity contribution in [2.24, 2.45) is 0 Å². The van der Waals surface area contributed by atoms with E-state index in [-0.39, 0.29) is 5.97 Å². The van der Waals surface area contributed by atoms with E-state index >= 15 is 0 Å². The molecule has 0 aromatic carbocycles. The molecule has 5 heteroatoms. The van der Waals surface area contributed by atoms with Gasteiger partial charge in [0.15, 0.2) is 12.7 Å². The second-order valence-electron chi connectivity index (χ2n) is 3.74. The van der Waals surface area contributed by atoms with Crippen molar-refractivity contribution < 1.29 is 14.2 Å². The third-order valence-corrected chi connectivity index (χ3v) is 2.56. The van der Waals surface area contributed by atoms with E-state index in [1.54, 1.807) is 23.3 Å². The maximum absolute atomic E-state index is 11.0. The second-order valence-corrected chi connectivity index (χ2v) is 3.74. The van der Waals surface area contributed by atoms with E-state index in [1.807, 2.05) is 24.4 Å². The van der Waals surface area contributed by atoms with Crippen molar-refractivity contribution in [3.8, 4) is 11.1 Å². The summed E-state index contributed by atoms with van der Waals surface area (Å²) in [5, 5.41) is 4.25. The van der Waals surface area contributed by atoms with Gasteiger partial charge >= 0.3 is 5.97 Å². The van der Waals surface area contributed by atoms with Gasteiger partial charge in [0.05, 0.1) is 7.11 Å². The van der Waals surface area contributed by atoms with E-state index in [0.717, 1.165) is 11.1 Å². The van der Waals surface area contributed by atoms with Crippen LogP contribution in [-0.4, -0.2) is 23.2 Å². The number of hydrogen-bond donors (Lipinski definition) is 0. The maximum Gasteiger partial charge on any atom is 0.312 e. The van der Waals surface area contributed by atoms with Gasteiger partial charge in [-0.2, -0.15) is 0 Å². The molecule has 5 nitrogen and oxygen atoms in total. The molecule has 2 rings (SSSR count). The summed E-state index contributed by atoms with van der Waals surface area (Å²) in [5.74, 6) is -0.234. The Morgan fingerprint density at radius 1 is 1.28 bits per heavy atom. The molecule has 0 unspecified atom stereocenters. The number of aromatic nitrogens is 3. The van der Waals surface area contributed by atoms with Crippen LogP contribution in [0.15, 0.2) is 43.0 Å². The summed E-state index contributed by atoms with van der Waals surface area (Å²) in [6, 6.07) is 5.81. The van der Waals surface area contributed by atoms with Crippen LogP contribution in [-0.2, 0) is 16.1 Å². The van der Waals surface area contributed by atoms with Crippen molar-refractivity contribution in [1.29, 1.82) is 0 Å². The molecular formula is C13H14N3O2+. The lowest BCUT2D eigenvalue weighted by atomic mass is 10.1. The normalized spacial score (nSPS) is 10.1. The molecule has 0 saturated heterocycles. The largest absolute Gasteiger partial charge is 0.469 e. The summed E-state index contributed by atoms with van der Waals surface area (Å²) in [5.41, 5.74) is 2.09. The minimum atomic E-state index is -0.234. The summed E-state index contributed by atoms with van der Waals surface area (Å²) in [6.07, 6.45) is 7.43. The molecule has 92 valence electrons. The van der Waals surface area contributed by atoms with Gasteiger partial charge in [-0.25, -0.2) is 0 Å². The first-order chi connectivity index (χ1) is 8.79. The summed E-state index contributed by atoms with van der Waals surface area (Å²) < 4.78 is 6.29. The lowest BCUT2D eigenvalue weighted by molar-refractivity contribution is -0.752. The Morgan fingerprint density at radius 3 is 2.67 bits per heavy atom. The Kier molecular flexibility index (Phi) is 3.96. The van der Waals surface area contributed by atoms with Crippen LogP contribution in [0.1, 0.15) is 6.42 Å². The smallest absolute Gasteiger partial charge is 0.312 e. The van der Waals surface area contributed by atoms with Crippen LogP contribution >= 0.6 is 0 Å². The number of rotatable bonds is 4. The molecule has 0 radical (unpaired) electrons. The zero-order chi connectivity index (χ0) is 12.8. The van der Waals surface area contributed by atoms with Crippen molar-refractivity contribution in [3.63, 3.8) is 0 Å². The first-order valence-electron chi connectivity index (χ1n) is 5.62. The average molecular weight is 244 g/mol. The van der Waals surface area contributed by atoms with Gasteiger partial charge in [-0.1, -0.05) is 4.68 Å². The van der Waals surface area contributed by atoms with Crippen LogP contribution in [0.4, 0.5) is 0 Å². The quantitative estimate of drug-likeness (QED) is 0.594. The standard InChI is InChI=1S/C13H14N3O2/c1-18-13(17)5-9-16-8-4-12(10-15-16)11-2-6-14-7-3-11/h2-4,6-8,10H,5,9H2,1H3/q+1. The highest BCUT2D eigenvalue weighted by atomic mass is 16.5. The molecule has 0 amide bonds. The fourth-order valence-corrected chi connectivity index (χ4v) is 1.54. The highest BCUT2D eigenvalue weighted by molar-refractivity contribution is 5.68. The van der Waals surface area contributed by atoms with Crippen LogP contribution in [0.3, 0.4) is 0 Å². The highest BCUT2D eigenvalue weighted by Crippen LogP contribution is 2.14. The lowest BCUT2D eigenvalue weighted by Gasteiger charge is -1.99. The SMILES string of the molecule is COC(=O)CC[n+]1ccc(-c2ccncc2)cn1. The van der Waals surface area contributed by atoms with E-state index in [1.165, 1.54) is 7.11 Å². The van der Waals surface area contributed by atoms with E-state index < -0.39 is 0 Å². The predicted octanol–water partition coefficient (Wildman–Crippen LogP) is 0.994. The summed E-state index contributed by atoms with van der Waals surface area (Å²) >= 11 is 0. The molecule has 0 aliphatic carbocycles. The topological polar surface area (TPSA) is 56.0 Å². The summed E-state index contributed by atoms with van der Waals surface area (Å²) in [6.45, 7) is 0.517. The third kappa shape index (κ3) is 3.10. The van der Waals surface area contributed by atoms with Gasteiger partial charge in [-0.05, 0) is 22.8 Å². The Balaban J connectivity index is 2.04. The number of ether oxygens (including phenoxy) is 1. The molecular weight excluding hydrogens is 230 g/mol. The maximum atomic E-state index is 11.0. The van der Waals surface area contributed by atoms with E-state index in [0.29, 0.717) is 13.0 Å². The molecule has 0 bridgehead atoms. The number of carbonyl (C=O) groups excluding carboxylic acids is 1. The molecule has 0 spiro atoms. The van der Waals surface area contributed by atoms with E-state index in [9.17, 15) is 4.79 Å². The van der Waals surface area contributed by atoms with Crippen LogP contribution in [0.25, 0.3) is 11.1 Å². The molecule has 0 aliphatic rings. The van der Waals surface area contributed by atoms with Crippen molar-refractivity contribution in [1.82, 2.24) is 10.1 Å². The molecule has 2 aromatic heterocycles. The number of esters is 1. The predicted molar refractivity (Wildman–Crippen MR) is 64.3 cm³/mol. The molecule has 0 saturated carbocycles. The van der Waals surface area contributed by atoms with Gasteiger partial charge < -0.3 is 4.74 Å². The Labute approximate surface area is 105 Å². The number of nitrogens with zero attached hydrogens (tertiary/aromatic N) is 3. The van der Waals surface area contributed by atoms with Crippen molar-refractivity contribution >= 4 is 5.97 Å². The number of carbonyl (C=O) groups is 1. The molecule has 0 atom stereocenters. The van der Waals surface area contributed by atoms with Crippen LogP contribution in [0.5, 0.6) is 0 Å². The molecule has 0 fully saturated rings. The zero-order valence-electron chi connectivity index (χ0n) is 10.1. The first-order valence-corrected chi connectivity index (χ1v) is 5.62. The van der Waals surface area contributed by atoms with Gasteiger partial charge in [-0.15, -0.1) is 0 Å². The number of aryl methyl sites for hydroxylation is 1. The minimum Gasteiger partial charge on any atom is -0.469 e. The summed E-state index contributed by atoms with van der Waals surface area (Å²) in [4.78, 5) is 15.0. The Bertz CT molecular complexity index is 512. The molecule has 0 aliphatic heterocycles. The van der Waals surface area contributed by atoms with Crippen LogP contribution in [0, 0.1) is 0 Å². The highest BCUT2D eigenvalue weighted by Gasteiger charge is 2.08. The number of methoxy groups -OCH3 is 1. The molecule has 0 N–H and O–H groups in total. The Morgan fingerprint density at radius 2 is 2.06 bits per heavy atom. The van der Waals surface area contributed by atoms with Crippen molar-refractivity contribution in [3.05, 3.63) is 43.0 Å². The fourth-order valence-electron chi connectivity index (χ4n) is 1.54. The average Bonchev–Trinajstić information content (AvgIpc) is 2.46. The zero-order valence-corrected chi connectivity index (χ0v) is 10.1. The molecule has 2 aromatic rings. The minimum absolute atomic E-state index is 0.234. The Hall–Kier alpha value is -2.30. The van der Waals surface area contributed by atoms with Crippen LogP contribution in [0.2, 0.25) is 0 Å². The number of pyridine rings is 1. The first kappa shape index (κ1) is 12.2. The van der Waals surface area contributed by atoms with Gasteiger partial charge in [0, 0.05) is 24.0 Å². The van der Waals surface area contributed by atoms with Gasteiger partial charge in [0.25, 0.3) is 0 Å². The van der Waals surface area contributed by atoms with Gasteiger partial charge in [-0.3, -0.25) is 9.78 Å².